The first-order valence-electron chi connectivity index (χ1n) is 4.79. The number of nitrogens with one attached hydrogen (secondary N) is 1. The van der Waals surface area contributed by atoms with E-state index in [-0.39, 0.29) is 6.04 Å². The summed E-state index contributed by atoms with van der Waals surface area (Å²) in [6.07, 6.45) is 0. The maximum atomic E-state index is 4.92. The Morgan fingerprint density at radius 2 is 2.00 bits per heavy atom. The standard InChI is InChI=1S/C11H18N2O/c1-7-6-8(2)12-9(3)11(7)10(4)13-14-5/h6,10,13H,1-5H3. The van der Waals surface area contributed by atoms with Crippen molar-refractivity contribution in [3.05, 3.63) is 28.6 Å². The van der Waals surface area contributed by atoms with Crippen LogP contribution >= 0.6 is 0 Å². The van der Waals surface area contributed by atoms with E-state index >= 15 is 0 Å². The number of nitrogens with zero attached hydrogens (tertiary/aromatic N) is 1. The highest BCUT2D eigenvalue weighted by Gasteiger charge is 2.12. The van der Waals surface area contributed by atoms with Crippen molar-refractivity contribution in [1.29, 1.82) is 0 Å². The molecular weight excluding hydrogens is 176 g/mol. The minimum absolute atomic E-state index is 0.174. The van der Waals surface area contributed by atoms with E-state index in [9.17, 15) is 0 Å². The topological polar surface area (TPSA) is 34.1 Å². The van der Waals surface area contributed by atoms with Crippen LogP contribution in [0.15, 0.2) is 6.07 Å². The summed E-state index contributed by atoms with van der Waals surface area (Å²) in [4.78, 5) is 9.36. The molecular formula is C11H18N2O. The highest BCUT2D eigenvalue weighted by Crippen LogP contribution is 2.20. The number of hydroxylamine groups is 1. The Bertz CT molecular complexity index is 300. The Hall–Kier alpha value is -0.930. The van der Waals surface area contributed by atoms with E-state index in [1.807, 2.05) is 13.8 Å². The lowest BCUT2D eigenvalue weighted by Gasteiger charge is -2.17. The van der Waals surface area contributed by atoms with E-state index in [0.717, 1.165) is 11.4 Å². The molecule has 1 N–H and O–H groups in total. The van der Waals surface area contributed by atoms with E-state index in [0.29, 0.717) is 0 Å². The summed E-state index contributed by atoms with van der Waals surface area (Å²) in [5.41, 5.74) is 7.53. The lowest BCUT2D eigenvalue weighted by molar-refractivity contribution is 0.0654. The molecule has 1 aromatic heterocycles. The van der Waals surface area contributed by atoms with Crippen LogP contribution in [0.3, 0.4) is 0 Å². The largest absolute Gasteiger partial charge is 0.305 e. The second-order valence-electron chi connectivity index (χ2n) is 3.62. The van der Waals surface area contributed by atoms with Gasteiger partial charge < -0.3 is 4.84 Å². The van der Waals surface area contributed by atoms with Gasteiger partial charge in [0.15, 0.2) is 0 Å². The third-order valence-corrected chi connectivity index (χ3v) is 2.31. The van der Waals surface area contributed by atoms with Gasteiger partial charge in [-0.15, -0.1) is 0 Å². The van der Waals surface area contributed by atoms with Crippen molar-refractivity contribution >= 4 is 0 Å². The molecule has 0 aliphatic carbocycles. The van der Waals surface area contributed by atoms with Gasteiger partial charge in [-0.2, -0.15) is 5.48 Å². The number of aryl methyl sites for hydroxylation is 3. The first-order valence-corrected chi connectivity index (χ1v) is 4.79. The number of rotatable bonds is 3. The number of hydrogen-bond acceptors (Lipinski definition) is 3. The van der Waals surface area contributed by atoms with Gasteiger partial charge in [0.05, 0.1) is 13.2 Å². The average molecular weight is 194 g/mol. The Morgan fingerprint density at radius 1 is 1.36 bits per heavy atom. The normalized spacial score (nSPS) is 12.9. The van der Waals surface area contributed by atoms with Gasteiger partial charge in [0.25, 0.3) is 0 Å². The smallest absolute Gasteiger partial charge is 0.0572 e. The third kappa shape index (κ3) is 2.30. The molecule has 0 aliphatic rings. The monoisotopic (exact) mass is 194 g/mol. The van der Waals surface area contributed by atoms with Gasteiger partial charge >= 0.3 is 0 Å². The summed E-state index contributed by atoms with van der Waals surface area (Å²) < 4.78 is 0. The van der Waals surface area contributed by atoms with Gasteiger partial charge in [0, 0.05) is 11.4 Å². The van der Waals surface area contributed by atoms with E-state index in [1.54, 1.807) is 7.11 Å². The van der Waals surface area contributed by atoms with Crippen LogP contribution in [0, 0.1) is 20.8 Å². The Morgan fingerprint density at radius 3 is 2.50 bits per heavy atom. The van der Waals surface area contributed by atoms with Gasteiger partial charge in [-0.05, 0) is 44.9 Å². The van der Waals surface area contributed by atoms with Crippen molar-refractivity contribution in [3.8, 4) is 0 Å². The fourth-order valence-corrected chi connectivity index (χ4v) is 1.92. The van der Waals surface area contributed by atoms with Crippen LogP contribution in [0.25, 0.3) is 0 Å². The molecule has 78 valence electrons. The zero-order valence-corrected chi connectivity index (χ0v) is 9.51. The maximum absolute atomic E-state index is 4.92. The number of hydrogen-bond donors (Lipinski definition) is 1. The molecule has 0 saturated carbocycles. The SMILES string of the molecule is CONC(C)c1c(C)cc(C)nc1C. The molecule has 1 atom stereocenters. The predicted molar refractivity (Wildman–Crippen MR) is 57.0 cm³/mol. The molecule has 0 spiro atoms. The van der Waals surface area contributed by atoms with E-state index in [1.165, 1.54) is 11.1 Å². The molecule has 1 aromatic rings. The third-order valence-electron chi connectivity index (χ3n) is 2.31. The van der Waals surface area contributed by atoms with Crippen LogP contribution in [0.4, 0.5) is 0 Å². The van der Waals surface area contributed by atoms with Crippen LogP contribution in [0.1, 0.15) is 35.5 Å². The summed E-state index contributed by atoms with van der Waals surface area (Å²) in [6, 6.07) is 2.27. The lowest BCUT2D eigenvalue weighted by Crippen LogP contribution is -2.19. The quantitative estimate of drug-likeness (QED) is 0.749. The summed E-state index contributed by atoms with van der Waals surface area (Å²) in [6.45, 7) is 8.21. The molecule has 0 bridgehead atoms. The van der Waals surface area contributed by atoms with Crippen molar-refractivity contribution in [1.82, 2.24) is 10.5 Å². The molecule has 0 aromatic carbocycles. The van der Waals surface area contributed by atoms with Crippen molar-refractivity contribution in [2.24, 2.45) is 0 Å². The Labute approximate surface area is 85.5 Å². The summed E-state index contributed by atoms with van der Waals surface area (Å²) in [5.74, 6) is 0. The van der Waals surface area contributed by atoms with E-state index in [4.69, 9.17) is 4.84 Å². The zero-order valence-electron chi connectivity index (χ0n) is 9.51. The van der Waals surface area contributed by atoms with Crippen molar-refractivity contribution in [2.75, 3.05) is 7.11 Å². The highest BCUT2D eigenvalue weighted by molar-refractivity contribution is 5.33. The van der Waals surface area contributed by atoms with Crippen LogP contribution in [-0.4, -0.2) is 12.1 Å². The van der Waals surface area contributed by atoms with Crippen molar-refractivity contribution in [2.45, 2.75) is 33.7 Å². The van der Waals surface area contributed by atoms with Crippen molar-refractivity contribution in [3.63, 3.8) is 0 Å². The minimum Gasteiger partial charge on any atom is -0.305 e. The van der Waals surface area contributed by atoms with Gasteiger partial charge in [0.1, 0.15) is 0 Å². The second-order valence-corrected chi connectivity index (χ2v) is 3.62. The van der Waals surface area contributed by atoms with E-state index in [2.05, 4.69) is 30.4 Å². The van der Waals surface area contributed by atoms with Gasteiger partial charge in [-0.1, -0.05) is 0 Å². The molecule has 1 unspecified atom stereocenters. The predicted octanol–water partition coefficient (Wildman–Crippen LogP) is 2.22. The molecule has 0 fully saturated rings. The fraction of sp³-hybridized carbons (Fsp3) is 0.545. The molecule has 14 heavy (non-hydrogen) atoms. The molecule has 0 radical (unpaired) electrons. The molecule has 3 heteroatoms. The Balaban J connectivity index is 3.07. The zero-order chi connectivity index (χ0) is 10.7. The van der Waals surface area contributed by atoms with Crippen LogP contribution in [0.5, 0.6) is 0 Å². The Kier molecular flexibility index (Phi) is 3.61. The molecule has 3 nitrogen and oxygen atoms in total. The summed E-state index contributed by atoms with van der Waals surface area (Å²) >= 11 is 0. The lowest BCUT2D eigenvalue weighted by atomic mass is 10.0. The van der Waals surface area contributed by atoms with Crippen LogP contribution in [0.2, 0.25) is 0 Å². The number of pyridine rings is 1. The van der Waals surface area contributed by atoms with Crippen LogP contribution in [-0.2, 0) is 4.84 Å². The summed E-state index contributed by atoms with van der Waals surface area (Å²) in [7, 11) is 1.63. The number of aromatic nitrogens is 1. The van der Waals surface area contributed by atoms with Gasteiger partial charge in [-0.25, -0.2) is 0 Å². The summed E-state index contributed by atoms with van der Waals surface area (Å²) in [5, 5.41) is 0. The average Bonchev–Trinajstić information content (AvgIpc) is 2.01. The molecule has 0 aliphatic heterocycles. The van der Waals surface area contributed by atoms with Crippen LogP contribution < -0.4 is 5.48 Å². The van der Waals surface area contributed by atoms with Gasteiger partial charge in [0.2, 0.25) is 0 Å². The second kappa shape index (κ2) is 4.53. The maximum Gasteiger partial charge on any atom is 0.0572 e. The van der Waals surface area contributed by atoms with Crippen molar-refractivity contribution < 1.29 is 4.84 Å². The minimum atomic E-state index is 0.174. The molecule has 1 rings (SSSR count). The highest BCUT2D eigenvalue weighted by atomic mass is 16.6. The molecule has 0 saturated heterocycles. The molecule has 0 amide bonds. The fourth-order valence-electron chi connectivity index (χ4n) is 1.92. The first kappa shape index (κ1) is 11.1. The van der Waals surface area contributed by atoms with E-state index < -0.39 is 0 Å². The molecule has 1 heterocycles. The first-order chi connectivity index (χ1) is 6.56. The van der Waals surface area contributed by atoms with Gasteiger partial charge in [-0.3, -0.25) is 4.98 Å².